The van der Waals surface area contributed by atoms with Gasteiger partial charge in [-0.15, -0.1) is 4.91 Å². The van der Waals surface area contributed by atoms with Gasteiger partial charge in [-0.3, -0.25) is 0 Å². The van der Waals surface area contributed by atoms with Gasteiger partial charge in [0.25, 0.3) is 0 Å². The molecule has 0 aromatic carbocycles. The molecule has 0 unspecified atom stereocenters. The number of rotatable bonds is 1. The molecule has 3 nitrogen and oxygen atoms in total. The zero-order chi connectivity index (χ0) is 8.27. The van der Waals surface area contributed by atoms with Gasteiger partial charge in [0.1, 0.15) is 0 Å². The van der Waals surface area contributed by atoms with Gasteiger partial charge in [-0.05, 0) is 17.3 Å². The fraction of sp³-hybridized carbons (Fsp3) is 0.143. The average molecular weight is 138 g/mol. The van der Waals surface area contributed by atoms with Crippen LogP contribution < -0.4 is 0 Å². The molecule has 1 heterocycles. The molecule has 0 aliphatic carbocycles. The lowest BCUT2D eigenvalue weighted by Gasteiger charge is -2.15. The standard InChI is InChI=1S/C7H8N2O/c1-9-5-3-2-4-7(9)6-8-10/h2-6H,1H3/b7-6+/i5T. The fourth-order valence-electron chi connectivity index (χ4n) is 0.672. The summed E-state index contributed by atoms with van der Waals surface area (Å²) in [6.07, 6.45) is 6.60. The largest absolute Gasteiger partial charge is 0.350 e. The Balaban J connectivity index is 2.89. The smallest absolute Gasteiger partial charge is 0.0951 e. The highest BCUT2D eigenvalue weighted by molar-refractivity contribution is 5.26. The Morgan fingerprint density at radius 2 is 2.60 bits per heavy atom. The second-order valence-corrected chi connectivity index (χ2v) is 1.87. The number of hydrogen-bond donors (Lipinski definition) is 0. The highest BCUT2D eigenvalue weighted by atomic mass is 16.2. The van der Waals surface area contributed by atoms with E-state index in [9.17, 15) is 4.91 Å². The number of hydrogen-bond acceptors (Lipinski definition) is 3. The van der Waals surface area contributed by atoms with Crippen molar-refractivity contribution in [1.82, 2.24) is 4.90 Å². The molecule has 0 fully saturated rings. The van der Waals surface area contributed by atoms with Crippen molar-refractivity contribution in [3.8, 4) is 0 Å². The van der Waals surface area contributed by atoms with Crippen molar-refractivity contribution in [2.45, 2.75) is 0 Å². The summed E-state index contributed by atoms with van der Waals surface area (Å²) in [5, 5.41) is 2.63. The molecule has 3 heteroatoms. The highest BCUT2D eigenvalue weighted by Gasteiger charge is 1.98. The van der Waals surface area contributed by atoms with Crippen molar-refractivity contribution in [3.63, 3.8) is 0 Å². The monoisotopic (exact) mass is 138 g/mol. The third-order valence-electron chi connectivity index (χ3n) is 1.20. The zero-order valence-corrected chi connectivity index (χ0v) is 5.61. The van der Waals surface area contributed by atoms with E-state index in [-0.39, 0.29) is 0 Å². The van der Waals surface area contributed by atoms with Gasteiger partial charge in [-0.25, -0.2) is 0 Å². The van der Waals surface area contributed by atoms with E-state index in [1.807, 2.05) is 0 Å². The van der Waals surface area contributed by atoms with E-state index in [1.54, 1.807) is 30.2 Å². The summed E-state index contributed by atoms with van der Waals surface area (Å²) in [5.41, 5.74) is 0.632. The van der Waals surface area contributed by atoms with Crippen molar-refractivity contribution < 1.29 is 1.37 Å². The molecule has 10 heavy (non-hydrogen) atoms. The minimum atomic E-state index is 0.349. The lowest BCUT2D eigenvalue weighted by molar-refractivity contribution is 0.582. The van der Waals surface area contributed by atoms with Gasteiger partial charge in [0.15, 0.2) is 0 Å². The Kier molecular flexibility index (Phi) is 1.60. The molecule has 0 N–H and O–H groups in total. The number of nitroso groups, excluding NO2 is 1. The number of allylic oxidation sites excluding steroid dienone is 3. The topological polar surface area (TPSA) is 32.7 Å². The zero-order valence-electron chi connectivity index (χ0n) is 6.61. The predicted octanol–water partition coefficient (Wildman–Crippen LogP) is 1.61. The summed E-state index contributed by atoms with van der Waals surface area (Å²) >= 11 is 0. The van der Waals surface area contributed by atoms with Gasteiger partial charge in [-0.1, -0.05) is 6.08 Å². The molecule has 1 rings (SSSR count). The molecule has 0 bridgehead atoms. The second kappa shape index (κ2) is 2.96. The Morgan fingerprint density at radius 1 is 1.80 bits per heavy atom. The van der Waals surface area contributed by atoms with Crippen molar-refractivity contribution in [2.75, 3.05) is 7.05 Å². The second-order valence-electron chi connectivity index (χ2n) is 1.87. The van der Waals surface area contributed by atoms with E-state index in [4.69, 9.17) is 1.37 Å². The van der Waals surface area contributed by atoms with Gasteiger partial charge >= 0.3 is 0 Å². The molecule has 0 atom stereocenters. The molecule has 0 spiro atoms. The summed E-state index contributed by atoms with van der Waals surface area (Å²) < 4.78 is 7.34. The molecule has 0 amide bonds. The van der Waals surface area contributed by atoms with E-state index < -0.39 is 0 Å². The van der Waals surface area contributed by atoms with Crippen LogP contribution in [0.25, 0.3) is 0 Å². The van der Waals surface area contributed by atoms with Crippen LogP contribution in [-0.2, 0) is 0 Å². The predicted molar refractivity (Wildman–Crippen MR) is 39.9 cm³/mol. The summed E-state index contributed by atoms with van der Waals surface area (Å²) in [6.45, 7) is 0. The average Bonchev–Trinajstić information content (AvgIpc) is 1.99. The maximum absolute atomic E-state index is 9.86. The first-order valence-electron chi connectivity index (χ1n) is 3.37. The van der Waals surface area contributed by atoms with Crippen LogP contribution in [0.15, 0.2) is 41.5 Å². The Hall–Kier alpha value is -1.38. The van der Waals surface area contributed by atoms with E-state index in [0.29, 0.717) is 11.9 Å². The Labute approximate surface area is 60.7 Å². The lowest BCUT2D eigenvalue weighted by atomic mass is 10.3. The van der Waals surface area contributed by atoms with Crippen molar-refractivity contribution in [2.24, 2.45) is 5.18 Å². The third-order valence-corrected chi connectivity index (χ3v) is 1.20. The van der Waals surface area contributed by atoms with Crippen LogP contribution in [0, 0.1) is 4.91 Å². The van der Waals surface area contributed by atoms with E-state index in [1.165, 1.54) is 6.20 Å². The van der Waals surface area contributed by atoms with Crippen LogP contribution in [0.5, 0.6) is 0 Å². The maximum atomic E-state index is 9.86. The molecular formula is C7H8N2O. The van der Waals surface area contributed by atoms with Crippen molar-refractivity contribution in [1.29, 1.82) is 0 Å². The van der Waals surface area contributed by atoms with Gasteiger partial charge in [0.05, 0.1) is 13.3 Å². The minimum absolute atomic E-state index is 0.349. The minimum Gasteiger partial charge on any atom is -0.350 e. The molecule has 0 saturated carbocycles. The molecule has 1 aliphatic heterocycles. The first-order valence-corrected chi connectivity index (χ1v) is 2.87. The van der Waals surface area contributed by atoms with Crippen LogP contribution >= 0.6 is 0 Å². The summed E-state index contributed by atoms with van der Waals surface area (Å²) in [7, 11) is 1.71. The van der Waals surface area contributed by atoms with Crippen LogP contribution in [-0.4, -0.2) is 11.9 Å². The van der Waals surface area contributed by atoms with Gasteiger partial charge in [0.2, 0.25) is 0 Å². The number of likely N-dealkylation sites (N-methyl/N-ethyl adjacent to an activating group) is 1. The van der Waals surface area contributed by atoms with E-state index in [0.717, 1.165) is 0 Å². The van der Waals surface area contributed by atoms with E-state index >= 15 is 0 Å². The molecule has 0 aromatic heterocycles. The van der Waals surface area contributed by atoms with Gasteiger partial charge in [0, 0.05) is 13.2 Å². The molecule has 1 aliphatic rings. The Morgan fingerprint density at radius 3 is 3.30 bits per heavy atom. The quantitative estimate of drug-likeness (QED) is 0.515. The lowest BCUT2D eigenvalue weighted by Crippen LogP contribution is -2.09. The number of nitrogens with zero attached hydrogens (tertiary/aromatic N) is 2. The SMILES string of the molecule is [3H]C1=CC=C/C(=C\N=O)N1C. The van der Waals surface area contributed by atoms with Crippen LogP contribution in [0.1, 0.15) is 1.37 Å². The maximum Gasteiger partial charge on any atom is 0.0951 e. The molecule has 0 radical (unpaired) electrons. The molecule has 52 valence electrons. The molecule has 0 aromatic rings. The van der Waals surface area contributed by atoms with Crippen molar-refractivity contribution in [3.05, 3.63) is 41.2 Å². The summed E-state index contributed by atoms with van der Waals surface area (Å²) in [6, 6.07) is 0. The highest BCUT2D eigenvalue weighted by Crippen LogP contribution is 2.08. The normalized spacial score (nSPS) is 22.5. The van der Waals surface area contributed by atoms with Crippen LogP contribution in [0.2, 0.25) is 0 Å². The molecular weight excluding hydrogens is 128 g/mol. The summed E-state index contributed by atoms with van der Waals surface area (Å²) in [4.78, 5) is 11.4. The van der Waals surface area contributed by atoms with Crippen LogP contribution in [0.3, 0.4) is 0 Å². The van der Waals surface area contributed by atoms with Gasteiger partial charge in [-0.2, -0.15) is 0 Å². The summed E-state index contributed by atoms with van der Waals surface area (Å²) in [5.74, 6) is 0. The van der Waals surface area contributed by atoms with Crippen LogP contribution in [0.4, 0.5) is 0 Å². The Bertz CT molecular complexity index is 255. The fourth-order valence-corrected chi connectivity index (χ4v) is 0.672. The van der Waals surface area contributed by atoms with Crippen molar-refractivity contribution >= 4 is 0 Å². The first-order chi connectivity index (χ1) is 5.25. The van der Waals surface area contributed by atoms with E-state index in [2.05, 4.69) is 5.18 Å². The third kappa shape index (κ3) is 1.31. The van der Waals surface area contributed by atoms with Gasteiger partial charge < -0.3 is 4.90 Å². The first kappa shape index (κ1) is 5.41. The molecule has 0 saturated heterocycles.